The highest BCUT2D eigenvalue weighted by Crippen LogP contribution is 2.35. The normalized spacial score (nSPS) is 28.7. The predicted octanol–water partition coefficient (Wildman–Crippen LogP) is 2.21. The lowest BCUT2D eigenvalue weighted by Crippen LogP contribution is -2.55. The van der Waals surface area contributed by atoms with Crippen LogP contribution in [0, 0.1) is 5.82 Å². The van der Waals surface area contributed by atoms with Crippen molar-refractivity contribution in [2.75, 3.05) is 6.61 Å². The van der Waals surface area contributed by atoms with Gasteiger partial charge in [-0.15, -0.1) is 22.7 Å². The van der Waals surface area contributed by atoms with E-state index in [4.69, 9.17) is 4.74 Å². The largest absolute Gasteiger partial charge is 0.394 e. The second kappa shape index (κ2) is 7.56. The standard InChI is InChI=1S/C19H19FO5S2/c20-13-2-1-9(18-17(24)16(23)15(22)14(8-21)25-18)5-11(13)7-12-6-10-3-4-26-19(10)27-12/h1-6,14-18,21-24H,7-8H2/t14-,15-,16+,17-,18+/m1/s1. The first kappa shape index (κ1) is 18.9. The van der Waals surface area contributed by atoms with Crippen LogP contribution in [0.1, 0.15) is 22.1 Å². The molecule has 2 aromatic heterocycles. The maximum absolute atomic E-state index is 14.4. The second-order valence-corrected chi connectivity index (χ2v) is 8.96. The molecule has 0 bridgehead atoms. The number of rotatable bonds is 4. The summed E-state index contributed by atoms with van der Waals surface area (Å²) in [4.78, 5) is 1.03. The third-order valence-electron chi connectivity index (χ3n) is 4.85. The molecule has 0 spiro atoms. The Hall–Kier alpha value is -1.39. The smallest absolute Gasteiger partial charge is 0.126 e. The van der Waals surface area contributed by atoms with Crippen LogP contribution in [0.2, 0.25) is 0 Å². The van der Waals surface area contributed by atoms with Gasteiger partial charge in [-0.25, -0.2) is 4.39 Å². The molecule has 1 aliphatic rings. The zero-order valence-corrected chi connectivity index (χ0v) is 15.8. The number of thiophene rings is 2. The van der Waals surface area contributed by atoms with Gasteiger partial charge in [-0.1, -0.05) is 6.07 Å². The van der Waals surface area contributed by atoms with Crippen LogP contribution in [-0.4, -0.2) is 51.4 Å². The second-order valence-electron chi connectivity index (χ2n) is 6.65. The van der Waals surface area contributed by atoms with Crippen molar-refractivity contribution in [3.05, 3.63) is 57.5 Å². The minimum atomic E-state index is -1.46. The Morgan fingerprint density at radius 1 is 1.04 bits per heavy atom. The van der Waals surface area contributed by atoms with Crippen LogP contribution in [0.5, 0.6) is 0 Å². The van der Waals surface area contributed by atoms with Gasteiger partial charge in [0.2, 0.25) is 0 Å². The van der Waals surface area contributed by atoms with Gasteiger partial charge in [0.25, 0.3) is 0 Å². The van der Waals surface area contributed by atoms with E-state index in [-0.39, 0.29) is 5.82 Å². The zero-order valence-electron chi connectivity index (χ0n) is 14.2. The summed E-state index contributed by atoms with van der Waals surface area (Å²) in [6.45, 7) is -0.499. The molecular weight excluding hydrogens is 391 g/mol. The average molecular weight is 410 g/mol. The summed E-state index contributed by atoms with van der Waals surface area (Å²) in [6, 6.07) is 8.47. The van der Waals surface area contributed by atoms with Gasteiger partial charge in [-0.3, -0.25) is 0 Å². The fourth-order valence-electron chi connectivity index (χ4n) is 3.38. The van der Waals surface area contributed by atoms with E-state index in [0.29, 0.717) is 17.5 Å². The molecule has 0 unspecified atom stereocenters. The maximum Gasteiger partial charge on any atom is 0.126 e. The van der Waals surface area contributed by atoms with E-state index in [9.17, 15) is 24.8 Å². The molecule has 4 rings (SSSR count). The van der Waals surface area contributed by atoms with Crippen LogP contribution in [0.3, 0.4) is 0 Å². The van der Waals surface area contributed by atoms with Crippen LogP contribution in [-0.2, 0) is 11.2 Å². The molecule has 3 aromatic rings. The fraction of sp³-hybridized carbons (Fsp3) is 0.368. The van der Waals surface area contributed by atoms with E-state index in [0.717, 1.165) is 10.3 Å². The van der Waals surface area contributed by atoms with Gasteiger partial charge < -0.3 is 25.2 Å². The Kier molecular flexibility index (Phi) is 5.30. The minimum absolute atomic E-state index is 0.361. The molecule has 5 atom stereocenters. The van der Waals surface area contributed by atoms with E-state index in [1.165, 1.54) is 16.1 Å². The van der Waals surface area contributed by atoms with Gasteiger partial charge in [0.15, 0.2) is 0 Å². The van der Waals surface area contributed by atoms with Crippen LogP contribution in [0.25, 0.3) is 9.40 Å². The Morgan fingerprint density at radius 3 is 2.59 bits per heavy atom. The minimum Gasteiger partial charge on any atom is -0.394 e. The lowest BCUT2D eigenvalue weighted by molar-refractivity contribution is -0.231. The molecule has 5 nitrogen and oxygen atoms in total. The SMILES string of the molecule is OC[C@H]1O[C@@H](c2ccc(F)c(Cc3cc4ccsc4s3)c2)[C@H](O)[C@@H](O)[C@@H]1O. The van der Waals surface area contributed by atoms with E-state index < -0.39 is 37.1 Å². The molecule has 3 heterocycles. The number of hydrogen-bond donors (Lipinski definition) is 4. The lowest BCUT2D eigenvalue weighted by atomic mass is 9.90. The number of hydrogen-bond acceptors (Lipinski definition) is 7. The zero-order chi connectivity index (χ0) is 19.1. The topological polar surface area (TPSA) is 90.2 Å². The molecule has 1 saturated heterocycles. The molecule has 144 valence electrons. The van der Waals surface area contributed by atoms with Gasteiger partial charge in [0.05, 0.1) is 10.6 Å². The highest BCUT2D eigenvalue weighted by Gasteiger charge is 2.44. The average Bonchev–Trinajstić information content (AvgIpc) is 3.24. The first-order valence-electron chi connectivity index (χ1n) is 8.52. The number of aliphatic hydroxyl groups is 4. The number of ether oxygens (including phenoxy) is 1. The summed E-state index contributed by atoms with van der Waals surface area (Å²) >= 11 is 3.27. The van der Waals surface area contributed by atoms with Gasteiger partial charge in [-0.05, 0) is 40.8 Å². The van der Waals surface area contributed by atoms with Crippen molar-refractivity contribution in [2.45, 2.75) is 36.9 Å². The van der Waals surface area contributed by atoms with Gasteiger partial charge >= 0.3 is 0 Å². The Morgan fingerprint density at radius 2 is 1.85 bits per heavy atom. The molecular formula is C19H19FO5S2. The molecule has 1 aliphatic heterocycles. The Labute approximate surface area is 162 Å². The number of aliphatic hydroxyl groups excluding tert-OH is 4. The van der Waals surface area contributed by atoms with E-state index in [1.54, 1.807) is 28.7 Å². The van der Waals surface area contributed by atoms with Gasteiger partial charge in [0, 0.05) is 16.7 Å². The molecule has 27 heavy (non-hydrogen) atoms. The molecule has 0 aliphatic carbocycles. The van der Waals surface area contributed by atoms with Crippen molar-refractivity contribution >= 4 is 32.1 Å². The third kappa shape index (κ3) is 3.54. The van der Waals surface area contributed by atoms with Gasteiger partial charge in [-0.2, -0.15) is 0 Å². The summed E-state index contributed by atoms with van der Waals surface area (Å²) in [5.41, 5.74) is 0.944. The maximum atomic E-state index is 14.4. The van der Waals surface area contributed by atoms with Crippen molar-refractivity contribution < 1.29 is 29.6 Å². The monoisotopic (exact) mass is 410 g/mol. The Balaban J connectivity index is 1.62. The fourth-order valence-corrected chi connectivity index (χ4v) is 5.55. The first-order chi connectivity index (χ1) is 13.0. The summed E-state index contributed by atoms with van der Waals surface area (Å²) in [6.07, 6.45) is -5.81. The van der Waals surface area contributed by atoms with Crippen molar-refractivity contribution in [3.8, 4) is 0 Å². The van der Waals surface area contributed by atoms with Crippen molar-refractivity contribution in [3.63, 3.8) is 0 Å². The van der Waals surface area contributed by atoms with Crippen LogP contribution in [0.15, 0.2) is 35.7 Å². The lowest BCUT2D eigenvalue weighted by Gasteiger charge is -2.40. The quantitative estimate of drug-likeness (QED) is 0.530. The van der Waals surface area contributed by atoms with Crippen LogP contribution >= 0.6 is 22.7 Å². The highest BCUT2D eigenvalue weighted by atomic mass is 32.2. The van der Waals surface area contributed by atoms with Gasteiger partial charge in [0.1, 0.15) is 36.3 Å². The van der Waals surface area contributed by atoms with E-state index in [2.05, 4.69) is 0 Å². The molecule has 0 amide bonds. The van der Waals surface area contributed by atoms with E-state index >= 15 is 0 Å². The number of benzene rings is 1. The highest BCUT2D eigenvalue weighted by molar-refractivity contribution is 7.37. The van der Waals surface area contributed by atoms with Crippen molar-refractivity contribution in [1.82, 2.24) is 0 Å². The van der Waals surface area contributed by atoms with E-state index in [1.807, 2.05) is 17.5 Å². The molecule has 0 radical (unpaired) electrons. The van der Waals surface area contributed by atoms with Crippen molar-refractivity contribution in [1.29, 1.82) is 0 Å². The molecule has 1 aromatic carbocycles. The summed E-state index contributed by atoms with van der Waals surface area (Å²) < 4.78 is 21.1. The first-order valence-corrected chi connectivity index (χ1v) is 10.2. The molecule has 8 heteroatoms. The van der Waals surface area contributed by atoms with Crippen molar-refractivity contribution in [2.24, 2.45) is 0 Å². The van der Waals surface area contributed by atoms with Crippen LogP contribution < -0.4 is 0 Å². The molecule has 0 saturated carbocycles. The Bertz CT molecular complexity index is 909. The third-order valence-corrected chi connectivity index (χ3v) is 7.06. The molecule has 4 N–H and O–H groups in total. The number of fused-ring (bicyclic) bond motifs is 1. The summed E-state index contributed by atoms with van der Waals surface area (Å²) in [7, 11) is 0. The predicted molar refractivity (Wildman–Crippen MR) is 102 cm³/mol. The molecule has 1 fully saturated rings. The summed E-state index contributed by atoms with van der Waals surface area (Å²) in [5.74, 6) is -0.361. The summed E-state index contributed by atoms with van der Waals surface area (Å²) in [5, 5.41) is 42.7. The van der Waals surface area contributed by atoms with Crippen LogP contribution in [0.4, 0.5) is 4.39 Å². The number of halogens is 1.